The molecule has 14 aromatic rings. The van der Waals surface area contributed by atoms with Gasteiger partial charge in [0.15, 0.2) is 0 Å². The molecule has 1 aliphatic rings. The van der Waals surface area contributed by atoms with Crippen LogP contribution in [0.5, 0.6) is 0 Å². The lowest BCUT2D eigenvalue weighted by Gasteiger charge is -2.31. The molecule has 86 heavy (non-hydrogen) atoms. The summed E-state index contributed by atoms with van der Waals surface area (Å²) in [6, 6.07) is 103. The molecule has 0 radical (unpaired) electrons. The monoisotopic (exact) mass is 1100 g/mol. The summed E-state index contributed by atoms with van der Waals surface area (Å²) in [5.74, 6) is 0. The molecule has 13 aromatic carbocycles. The van der Waals surface area contributed by atoms with Crippen LogP contribution in [0.3, 0.4) is 0 Å². The van der Waals surface area contributed by atoms with Crippen molar-refractivity contribution in [2.75, 3.05) is 9.80 Å². The maximum Gasteiger partial charge on any atom is 0.0553 e. The van der Waals surface area contributed by atoms with Gasteiger partial charge in [0.05, 0.1) is 11.0 Å². The minimum atomic E-state index is -0.148. The molecule has 1 aliphatic carbocycles. The summed E-state index contributed by atoms with van der Waals surface area (Å²) in [7, 11) is 0. The first-order valence-corrected chi connectivity index (χ1v) is 29.6. The van der Waals surface area contributed by atoms with Crippen LogP contribution in [0.15, 0.2) is 299 Å². The maximum atomic E-state index is 4.38. The van der Waals surface area contributed by atoms with Crippen molar-refractivity contribution in [3.63, 3.8) is 0 Å². The van der Waals surface area contributed by atoms with Crippen molar-refractivity contribution in [3.8, 4) is 50.2 Å². The summed E-state index contributed by atoms with van der Waals surface area (Å²) in [5, 5.41) is 7.05. The lowest BCUT2D eigenvalue weighted by molar-refractivity contribution is 0.660. The first-order chi connectivity index (χ1) is 42.2. The van der Waals surface area contributed by atoms with E-state index in [1.54, 1.807) is 0 Å². The van der Waals surface area contributed by atoms with E-state index in [9.17, 15) is 0 Å². The largest absolute Gasteiger partial charge is 0.310 e. The van der Waals surface area contributed by atoms with Crippen LogP contribution in [0, 0.1) is 0 Å². The van der Waals surface area contributed by atoms with Crippen LogP contribution >= 0.6 is 0 Å². The van der Waals surface area contributed by atoms with Crippen LogP contribution in [-0.2, 0) is 5.41 Å². The molecule has 0 unspecified atom stereocenters. The number of rotatable bonds is 13. The Morgan fingerprint density at radius 1 is 0.326 bits per heavy atom. The number of benzene rings is 13. The second kappa shape index (κ2) is 21.0. The van der Waals surface area contributed by atoms with Gasteiger partial charge in [-0.2, -0.15) is 0 Å². The number of nitrogens with zero attached hydrogens (tertiary/aromatic N) is 3. The van der Waals surface area contributed by atoms with Gasteiger partial charge in [-0.15, -0.1) is 0 Å². The molecule has 3 heteroatoms. The molecule has 15 rings (SSSR count). The Morgan fingerprint density at radius 2 is 0.860 bits per heavy atom. The van der Waals surface area contributed by atoms with Crippen molar-refractivity contribution in [2.45, 2.75) is 19.3 Å². The fourth-order valence-corrected chi connectivity index (χ4v) is 13.5. The van der Waals surface area contributed by atoms with E-state index in [1.165, 1.54) is 49.2 Å². The van der Waals surface area contributed by atoms with Gasteiger partial charge >= 0.3 is 0 Å². The molecule has 0 atom stereocenters. The smallest absolute Gasteiger partial charge is 0.0553 e. The SMILES string of the molecule is C=Cc1ccc(N(c2cc(-c3ccc4c(c3)c3c5ccccc5c(C=C)cc3n4-c3cc(-c4ccccc4)cc(-c4ccccc4)c3)cc(N(c3ccc(C=C)cc3)c3ccc4ccccc4c3)c2)c2ccc3c(c2)-c2ccccc2C3(C)C)cc1. The van der Waals surface area contributed by atoms with Crippen molar-refractivity contribution in [3.05, 3.63) is 327 Å². The van der Waals surface area contributed by atoms with E-state index in [0.717, 1.165) is 106 Å². The predicted molar refractivity (Wildman–Crippen MR) is 369 cm³/mol. The Bertz CT molecular complexity index is 4950. The molecule has 0 fully saturated rings. The van der Waals surface area contributed by atoms with Crippen molar-refractivity contribution >= 4 is 95.7 Å². The van der Waals surface area contributed by atoms with Crippen LogP contribution < -0.4 is 9.80 Å². The van der Waals surface area contributed by atoms with Gasteiger partial charge in [0.2, 0.25) is 0 Å². The summed E-state index contributed by atoms with van der Waals surface area (Å²) < 4.78 is 2.48. The number of anilines is 6. The highest BCUT2D eigenvalue weighted by Crippen LogP contribution is 2.52. The van der Waals surface area contributed by atoms with E-state index in [-0.39, 0.29) is 5.41 Å². The maximum absolute atomic E-state index is 4.38. The summed E-state index contributed by atoms with van der Waals surface area (Å²) in [6.45, 7) is 17.3. The van der Waals surface area contributed by atoms with Crippen molar-refractivity contribution in [2.24, 2.45) is 0 Å². The molecule has 0 N–H and O–H groups in total. The third-order valence-electron chi connectivity index (χ3n) is 17.8. The lowest BCUT2D eigenvalue weighted by atomic mass is 9.82. The molecule has 0 bridgehead atoms. The summed E-state index contributed by atoms with van der Waals surface area (Å²) in [5.41, 5.74) is 24.6. The van der Waals surface area contributed by atoms with E-state index in [0.29, 0.717) is 0 Å². The number of fused-ring (bicyclic) bond motifs is 9. The van der Waals surface area contributed by atoms with Crippen LogP contribution in [0.25, 0.3) is 112 Å². The quantitative estimate of drug-likeness (QED) is 0.114. The zero-order valence-electron chi connectivity index (χ0n) is 48.3. The van der Waals surface area contributed by atoms with Gasteiger partial charge in [0.25, 0.3) is 0 Å². The van der Waals surface area contributed by atoms with Crippen LogP contribution in [0.1, 0.15) is 41.7 Å². The normalized spacial score (nSPS) is 12.3. The van der Waals surface area contributed by atoms with Gasteiger partial charge in [0.1, 0.15) is 0 Å². The third-order valence-corrected chi connectivity index (χ3v) is 17.8. The molecule has 1 aromatic heterocycles. The number of hydrogen-bond donors (Lipinski definition) is 0. The standard InChI is InChI=1S/C83H61N3/c1-6-55-31-37-66(38-32-55)84(68-41-35-60-25-15-16-26-61(60)46-68)71-49-65(50-72(53-71)85(67-39-33-56(7-2)34-40-67)69-42-43-79-76(54-69)74-28-19-20-30-78(74)83(79,4)5)62-36-44-80-77(51-62)82-75-29-18-17-27-73(75)57(8-3)52-81(82)86(80)70-47-63(58-21-11-9-12-22-58)45-64(48-70)59-23-13-10-14-24-59/h6-54H,1-3H2,4-5H3. The first kappa shape index (κ1) is 51.8. The molecule has 0 saturated heterocycles. The van der Waals surface area contributed by atoms with Gasteiger partial charge < -0.3 is 14.4 Å². The van der Waals surface area contributed by atoms with Gasteiger partial charge in [-0.25, -0.2) is 0 Å². The summed E-state index contributed by atoms with van der Waals surface area (Å²) in [4.78, 5) is 4.85. The second-order valence-electron chi connectivity index (χ2n) is 23.1. The van der Waals surface area contributed by atoms with Crippen molar-refractivity contribution in [1.82, 2.24) is 4.57 Å². The first-order valence-electron chi connectivity index (χ1n) is 29.6. The average molecular weight is 1100 g/mol. The van der Waals surface area contributed by atoms with E-state index in [2.05, 4.69) is 327 Å². The molecule has 408 valence electrons. The zero-order chi connectivity index (χ0) is 58.0. The second-order valence-corrected chi connectivity index (χ2v) is 23.1. The van der Waals surface area contributed by atoms with Crippen molar-refractivity contribution in [1.29, 1.82) is 0 Å². The Kier molecular flexibility index (Phi) is 12.7. The lowest BCUT2D eigenvalue weighted by Crippen LogP contribution is -2.16. The fourth-order valence-electron chi connectivity index (χ4n) is 13.5. The number of hydrogen-bond acceptors (Lipinski definition) is 2. The molecule has 0 saturated carbocycles. The topological polar surface area (TPSA) is 11.4 Å². The number of aromatic nitrogens is 1. The molecule has 3 nitrogen and oxygen atoms in total. The molecule has 0 spiro atoms. The van der Waals surface area contributed by atoms with Crippen LogP contribution in [-0.4, -0.2) is 4.57 Å². The van der Waals surface area contributed by atoms with Gasteiger partial charge in [-0.1, -0.05) is 228 Å². The molecular formula is C83H61N3. The Labute approximate surface area is 503 Å². The Morgan fingerprint density at radius 3 is 1.50 bits per heavy atom. The van der Waals surface area contributed by atoms with Crippen LogP contribution in [0.4, 0.5) is 34.1 Å². The highest BCUT2D eigenvalue weighted by atomic mass is 15.2. The van der Waals surface area contributed by atoms with E-state index < -0.39 is 0 Å². The minimum absolute atomic E-state index is 0.148. The fraction of sp³-hybridized carbons (Fsp3) is 0.0361. The van der Waals surface area contributed by atoms with E-state index in [1.807, 2.05) is 18.2 Å². The zero-order valence-corrected chi connectivity index (χ0v) is 48.3. The summed E-state index contributed by atoms with van der Waals surface area (Å²) in [6.07, 6.45) is 5.82. The Hall–Kier alpha value is -11.0. The van der Waals surface area contributed by atoms with Gasteiger partial charge in [0, 0.05) is 56.0 Å². The van der Waals surface area contributed by atoms with Gasteiger partial charge in [-0.3, -0.25) is 0 Å². The van der Waals surface area contributed by atoms with Crippen LogP contribution in [0.2, 0.25) is 0 Å². The van der Waals surface area contributed by atoms with E-state index in [4.69, 9.17) is 0 Å². The minimum Gasteiger partial charge on any atom is -0.310 e. The molecule has 0 aliphatic heterocycles. The highest BCUT2D eigenvalue weighted by molar-refractivity contribution is 6.23. The molecule has 0 amide bonds. The highest BCUT2D eigenvalue weighted by Gasteiger charge is 2.36. The van der Waals surface area contributed by atoms with Crippen molar-refractivity contribution < 1.29 is 0 Å². The summed E-state index contributed by atoms with van der Waals surface area (Å²) >= 11 is 0. The Balaban J connectivity index is 1.02. The molecule has 1 heterocycles. The van der Waals surface area contributed by atoms with Gasteiger partial charge in [-0.05, 0) is 197 Å². The average Bonchev–Trinajstić information content (AvgIpc) is 1.73. The molecular weight excluding hydrogens is 1040 g/mol. The third kappa shape index (κ3) is 8.83. The van der Waals surface area contributed by atoms with E-state index >= 15 is 0 Å². The predicted octanol–water partition coefficient (Wildman–Crippen LogP) is 23.3.